The number of hydrogen-bond donors (Lipinski definition) is 1. The van der Waals surface area contributed by atoms with Crippen molar-refractivity contribution in [3.8, 4) is 17.0 Å². The van der Waals surface area contributed by atoms with Crippen LogP contribution >= 0.6 is 11.6 Å². The molecule has 2 aromatic carbocycles. The van der Waals surface area contributed by atoms with Crippen LogP contribution in [0.4, 0.5) is 13.2 Å². The monoisotopic (exact) mass is 487 g/mol. The first-order valence-electron chi connectivity index (χ1n) is 9.10. The second kappa shape index (κ2) is 9.31. The van der Waals surface area contributed by atoms with E-state index in [1.807, 2.05) is 0 Å². The highest BCUT2D eigenvalue weighted by Gasteiger charge is 2.32. The Hall–Kier alpha value is -2.89. The quantitative estimate of drug-likeness (QED) is 0.550. The molecule has 0 radical (unpaired) electrons. The van der Waals surface area contributed by atoms with Gasteiger partial charge < -0.3 is 4.74 Å². The summed E-state index contributed by atoms with van der Waals surface area (Å²) in [5, 5.41) is 3.85. The van der Waals surface area contributed by atoms with Gasteiger partial charge in [0.15, 0.2) is 0 Å². The summed E-state index contributed by atoms with van der Waals surface area (Å²) < 4.78 is 72.0. The molecule has 1 N–H and O–H groups in total. The van der Waals surface area contributed by atoms with E-state index in [1.165, 1.54) is 19.2 Å². The topological polar surface area (TPSA) is 90.3 Å². The second-order valence-corrected chi connectivity index (χ2v) is 8.69. The second-order valence-electron chi connectivity index (χ2n) is 6.55. The lowest BCUT2D eigenvalue weighted by atomic mass is 10.1. The first kappa shape index (κ1) is 23.8. The summed E-state index contributed by atoms with van der Waals surface area (Å²) in [5.41, 5.74) is -0.446. The zero-order valence-electron chi connectivity index (χ0n) is 16.6. The minimum absolute atomic E-state index is 0.154. The zero-order chi connectivity index (χ0) is 23.5. The molecule has 0 amide bonds. The summed E-state index contributed by atoms with van der Waals surface area (Å²) in [7, 11) is -2.84. The van der Waals surface area contributed by atoms with Gasteiger partial charge in [0, 0.05) is 18.2 Å². The van der Waals surface area contributed by atoms with Crippen molar-refractivity contribution < 1.29 is 26.3 Å². The molecule has 0 aliphatic carbocycles. The van der Waals surface area contributed by atoms with E-state index in [9.17, 15) is 26.4 Å². The summed E-state index contributed by atoms with van der Waals surface area (Å²) >= 11 is 5.80. The Labute approximate surface area is 186 Å². The third-order valence-electron chi connectivity index (χ3n) is 4.42. The third-order valence-corrected chi connectivity index (χ3v) is 6.36. The van der Waals surface area contributed by atoms with Crippen molar-refractivity contribution in [2.45, 2.75) is 17.6 Å². The van der Waals surface area contributed by atoms with Gasteiger partial charge in [0.05, 0.1) is 29.9 Å². The summed E-state index contributed by atoms with van der Waals surface area (Å²) in [6.45, 7) is -0.452. The van der Waals surface area contributed by atoms with Crippen molar-refractivity contribution in [3.63, 3.8) is 0 Å². The molecule has 0 fully saturated rings. The number of hydrogen-bond acceptors (Lipinski definition) is 5. The molecule has 1 aromatic heterocycles. The van der Waals surface area contributed by atoms with Crippen LogP contribution in [-0.4, -0.2) is 31.9 Å². The van der Waals surface area contributed by atoms with Crippen LogP contribution in [0.1, 0.15) is 5.56 Å². The van der Waals surface area contributed by atoms with Gasteiger partial charge >= 0.3 is 6.18 Å². The normalized spacial score (nSPS) is 12.0. The fraction of sp³-hybridized carbons (Fsp3) is 0.200. The summed E-state index contributed by atoms with van der Waals surface area (Å²) in [5.74, 6) is 0.643. The molecule has 0 saturated carbocycles. The fourth-order valence-electron chi connectivity index (χ4n) is 2.77. The smallest absolute Gasteiger partial charge is 0.416 e. The SMILES string of the molecule is COc1ccc(-c2ccc(=O)n(CCNS(=O)(=O)c3cc(C(F)(F)F)ccc3Cl)n2)cc1. The lowest BCUT2D eigenvalue weighted by molar-refractivity contribution is -0.137. The Morgan fingerprint density at radius 1 is 1.09 bits per heavy atom. The van der Waals surface area contributed by atoms with Gasteiger partial charge in [-0.3, -0.25) is 4.79 Å². The Morgan fingerprint density at radius 2 is 1.78 bits per heavy atom. The van der Waals surface area contributed by atoms with Crippen LogP contribution in [0.15, 0.2) is 64.3 Å². The number of alkyl halides is 3. The summed E-state index contributed by atoms with van der Waals surface area (Å²) in [6, 6.07) is 11.7. The Bertz CT molecular complexity index is 1280. The molecule has 0 saturated heterocycles. The van der Waals surface area contributed by atoms with Crippen LogP contribution in [0.2, 0.25) is 5.02 Å². The molecule has 0 bridgehead atoms. The Kier molecular flexibility index (Phi) is 6.91. The predicted molar refractivity (Wildman–Crippen MR) is 112 cm³/mol. The van der Waals surface area contributed by atoms with E-state index in [4.69, 9.17) is 16.3 Å². The number of halogens is 4. The van der Waals surface area contributed by atoms with Crippen LogP contribution in [0.25, 0.3) is 11.3 Å². The molecule has 3 rings (SSSR count). The minimum Gasteiger partial charge on any atom is -0.497 e. The summed E-state index contributed by atoms with van der Waals surface area (Å²) in [4.78, 5) is 11.4. The Balaban J connectivity index is 1.77. The van der Waals surface area contributed by atoms with Gasteiger partial charge in [-0.1, -0.05) is 11.6 Å². The first-order chi connectivity index (χ1) is 15.0. The lowest BCUT2D eigenvalue weighted by Crippen LogP contribution is -2.32. The maximum absolute atomic E-state index is 12.9. The van der Waals surface area contributed by atoms with E-state index in [-0.39, 0.29) is 18.1 Å². The van der Waals surface area contributed by atoms with Crippen molar-refractivity contribution in [1.29, 1.82) is 0 Å². The van der Waals surface area contributed by atoms with E-state index in [2.05, 4.69) is 9.82 Å². The van der Waals surface area contributed by atoms with Gasteiger partial charge in [-0.25, -0.2) is 17.8 Å². The molecule has 0 aliphatic heterocycles. The van der Waals surface area contributed by atoms with Crippen molar-refractivity contribution in [3.05, 3.63) is 75.5 Å². The number of nitrogens with one attached hydrogen (secondary N) is 1. The van der Waals surface area contributed by atoms with E-state index in [0.717, 1.165) is 10.7 Å². The molecule has 0 spiro atoms. The molecular formula is C20H17ClF3N3O4S. The minimum atomic E-state index is -4.73. The highest BCUT2D eigenvalue weighted by Crippen LogP contribution is 2.33. The zero-order valence-corrected chi connectivity index (χ0v) is 18.1. The van der Waals surface area contributed by atoms with Crippen LogP contribution in [0.5, 0.6) is 5.75 Å². The van der Waals surface area contributed by atoms with E-state index < -0.39 is 32.2 Å². The van der Waals surface area contributed by atoms with Gasteiger partial charge in [0.25, 0.3) is 5.56 Å². The average Bonchev–Trinajstić information content (AvgIpc) is 2.74. The molecule has 3 aromatic rings. The van der Waals surface area contributed by atoms with Gasteiger partial charge in [0.1, 0.15) is 10.6 Å². The van der Waals surface area contributed by atoms with E-state index in [1.54, 1.807) is 24.3 Å². The average molecular weight is 488 g/mol. The summed E-state index contributed by atoms with van der Waals surface area (Å²) in [6.07, 6.45) is -4.73. The number of rotatable bonds is 7. The maximum Gasteiger partial charge on any atom is 0.416 e. The molecule has 0 unspecified atom stereocenters. The van der Waals surface area contributed by atoms with Crippen LogP contribution in [0.3, 0.4) is 0 Å². The van der Waals surface area contributed by atoms with Gasteiger partial charge in [0.2, 0.25) is 10.0 Å². The highest BCUT2D eigenvalue weighted by atomic mass is 35.5. The molecular weight excluding hydrogens is 471 g/mol. The molecule has 7 nitrogen and oxygen atoms in total. The van der Waals surface area contributed by atoms with Crippen molar-refractivity contribution in [1.82, 2.24) is 14.5 Å². The van der Waals surface area contributed by atoms with E-state index in [0.29, 0.717) is 29.1 Å². The molecule has 170 valence electrons. The molecule has 32 heavy (non-hydrogen) atoms. The highest BCUT2D eigenvalue weighted by molar-refractivity contribution is 7.89. The molecule has 0 atom stereocenters. The standard InChI is InChI=1S/C20H17ClF3N3O4S/c1-31-15-5-2-13(3-6-15)17-8-9-19(28)27(26-17)11-10-25-32(29,30)18-12-14(20(22,23)24)4-7-16(18)21/h2-9,12,25H,10-11H2,1H3. The van der Waals surface area contributed by atoms with Gasteiger partial charge in [-0.15, -0.1) is 0 Å². The fourth-order valence-corrected chi connectivity index (χ4v) is 4.32. The number of sulfonamides is 1. The molecule has 12 heteroatoms. The van der Waals surface area contributed by atoms with Crippen molar-refractivity contribution >= 4 is 21.6 Å². The molecule has 1 heterocycles. The number of methoxy groups -OCH3 is 1. The first-order valence-corrected chi connectivity index (χ1v) is 11.0. The number of aromatic nitrogens is 2. The predicted octanol–water partition coefficient (Wildman–Crippen LogP) is 3.57. The van der Waals surface area contributed by atoms with Gasteiger partial charge in [-0.05, 0) is 48.5 Å². The number of nitrogens with zero attached hydrogens (tertiary/aromatic N) is 2. The van der Waals surface area contributed by atoms with Crippen LogP contribution in [0, 0.1) is 0 Å². The van der Waals surface area contributed by atoms with Crippen molar-refractivity contribution in [2.75, 3.05) is 13.7 Å². The van der Waals surface area contributed by atoms with Crippen LogP contribution in [-0.2, 0) is 22.7 Å². The largest absolute Gasteiger partial charge is 0.497 e. The third kappa shape index (κ3) is 5.47. The number of ether oxygens (including phenoxy) is 1. The maximum atomic E-state index is 12.9. The molecule has 0 aliphatic rings. The van der Waals surface area contributed by atoms with Crippen molar-refractivity contribution in [2.24, 2.45) is 0 Å². The lowest BCUT2D eigenvalue weighted by Gasteiger charge is -2.12. The van der Waals surface area contributed by atoms with Gasteiger partial charge in [-0.2, -0.15) is 18.3 Å². The van der Waals surface area contributed by atoms with Crippen LogP contribution < -0.4 is 15.0 Å². The number of benzene rings is 2. The Morgan fingerprint density at radius 3 is 2.41 bits per heavy atom. The van der Waals surface area contributed by atoms with E-state index >= 15 is 0 Å².